The number of hydrogen-bond acceptors (Lipinski definition) is 2. The lowest BCUT2D eigenvalue weighted by Gasteiger charge is -2.31. The molecule has 0 bridgehead atoms. The van der Waals surface area contributed by atoms with Gasteiger partial charge in [0.2, 0.25) is 0 Å². The summed E-state index contributed by atoms with van der Waals surface area (Å²) in [7, 11) is 2.02. The second-order valence-electron chi connectivity index (χ2n) is 3.65. The summed E-state index contributed by atoms with van der Waals surface area (Å²) in [5.41, 5.74) is 0. The first kappa shape index (κ1) is 9.01. The molecule has 1 rings (SSSR count). The molecule has 0 aromatic carbocycles. The van der Waals surface area contributed by atoms with Crippen LogP contribution in [0.4, 0.5) is 0 Å². The van der Waals surface area contributed by atoms with Crippen LogP contribution in [0.5, 0.6) is 0 Å². The normalized spacial score (nSPS) is 39.0. The Kier molecular flexibility index (Phi) is 3.34. The van der Waals surface area contributed by atoms with Crippen LogP contribution in [-0.4, -0.2) is 25.8 Å². The summed E-state index contributed by atoms with van der Waals surface area (Å²) >= 11 is 0. The molecule has 1 saturated heterocycles. The summed E-state index contributed by atoms with van der Waals surface area (Å²) in [5.74, 6) is 0.818. The van der Waals surface area contributed by atoms with Crippen molar-refractivity contribution >= 4 is 0 Å². The fourth-order valence-electron chi connectivity index (χ4n) is 2.00. The molecule has 0 spiro atoms. The van der Waals surface area contributed by atoms with Gasteiger partial charge >= 0.3 is 0 Å². The number of ether oxygens (including phenoxy) is 1. The van der Waals surface area contributed by atoms with Crippen LogP contribution in [0.15, 0.2) is 0 Å². The zero-order chi connectivity index (χ0) is 8.27. The van der Waals surface area contributed by atoms with Gasteiger partial charge in [-0.2, -0.15) is 0 Å². The van der Waals surface area contributed by atoms with Crippen molar-refractivity contribution in [2.75, 3.05) is 13.6 Å². The van der Waals surface area contributed by atoms with E-state index >= 15 is 0 Å². The van der Waals surface area contributed by atoms with E-state index in [4.69, 9.17) is 4.74 Å². The molecule has 0 saturated carbocycles. The summed E-state index contributed by atoms with van der Waals surface area (Å²) in [5, 5.41) is 3.22. The number of hydrogen-bond donors (Lipinski definition) is 1. The third-order valence-electron chi connectivity index (χ3n) is 2.29. The van der Waals surface area contributed by atoms with Crippen LogP contribution < -0.4 is 5.32 Å². The maximum absolute atomic E-state index is 5.63. The summed E-state index contributed by atoms with van der Waals surface area (Å²) in [6.45, 7) is 5.47. The molecule has 0 aromatic heterocycles. The molecule has 1 aliphatic rings. The largest absolute Gasteiger partial charge is 0.376 e. The fraction of sp³-hybridized carbons (Fsp3) is 1.00. The van der Waals surface area contributed by atoms with Crippen molar-refractivity contribution in [3.8, 4) is 0 Å². The summed E-state index contributed by atoms with van der Waals surface area (Å²) in [6, 6.07) is 0. The molecular weight excluding hydrogens is 138 g/mol. The van der Waals surface area contributed by atoms with Gasteiger partial charge < -0.3 is 10.1 Å². The van der Waals surface area contributed by atoms with Crippen molar-refractivity contribution < 1.29 is 4.74 Å². The van der Waals surface area contributed by atoms with Gasteiger partial charge in [-0.15, -0.1) is 0 Å². The van der Waals surface area contributed by atoms with E-state index in [1.165, 1.54) is 12.8 Å². The molecule has 2 heteroatoms. The summed E-state index contributed by atoms with van der Waals surface area (Å²) in [4.78, 5) is 0. The number of rotatable bonds is 2. The Morgan fingerprint density at radius 1 is 1.27 bits per heavy atom. The molecule has 1 heterocycles. The SMILES string of the molecule is CNCC1C[C@@H](C)O[C@@H](C)C1. The smallest absolute Gasteiger partial charge is 0.0553 e. The van der Waals surface area contributed by atoms with Gasteiger partial charge in [-0.3, -0.25) is 0 Å². The van der Waals surface area contributed by atoms with Crippen LogP contribution in [0, 0.1) is 5.92 Å². The van der Waals surface area contributed by atoms with E-state index in [9.17, 15) is 0 Å². The highest BCUT2D eigenvalue weighted by molar-refractivity contribution is 4.74. The van der Waals surface area contributed by atoms with Crippen LogP contribution in [0.25, 0.3) is 0 Å². The average Bonchev–Trinajstić information content (AvgIpc) is 1.85. The van der Waals surface area contributed by atoms with E-state index in [1.54, 1.807) is 0 Å². The van der Waals surface area contributed by atoms with Gasteiger partial charge in [0.15, 0.2) is 0 Å². The maximum atomic E-state index is 5.63. The molecule has 0 aromatic rings. The van der Waals surface area contributed by atoms with Crippen LogP contribution >= 0.6 is 0 Å². The van der Waals surface area contributed by atoms with Gasteiger partial charge in [0.1, 0.15) is 0 Å². The molecule has 3 atom stereocenters. The van der Waals surface area contributed by atoms with E-state index < -0.39 is 0 Å². The first-order valence-electron chi connectivity index (χ1n) is 4.52. The molecule has 11 heavy (non-hydrogen) atoms. The topological polar surface area (TPSA) is 21.3 Å². The van der Waals surface area contributed by atoms with E-state index in [-0.39, 0.29) is 0 Å². The zero-order valence-electron chi connectivity index (χ0n) is 7.76. The third kappa shape index (κ3) is 2.80. The van der Waals surface area contributed by atoms with Crippen molar-refractivity contribution in [3.05, 3.63) is 0 Å². The predicted octanol–water partition coefficient (Wildman–Crippen LogP) is 1.41. The fourth-order valence-corrected chi connectivity index (χ4v) is 2.00. The molecule has 66 valence electrons. The minimum absolute atomic E-state index is 0.456. The van der Waals surface area contributed by atoms with Crippen molar-refractivity contribution in [1.29, 1.82) is 0 Å². The maximum Gasteiger partial charge on any atom is 0.0553 e. The zero-order valence-corrected chi connectivity index (χ0v) is 7.76. The Balaban J connectivity index is 2.30. The molecule has 1 aliphatic heterocycles. The highest BCUT2D eigenvalue weighted by Gasteiger charge is 2.23. The Hall–Kier alpha value is -0.0800. The Labute approximate surface area is 69.3 Å². The molecule has 0 radical (unpaired) electrons. The lowest BCUT2D eigenvalue weighted by atomic mass is 9.93. The van der Waals surface area contributed by atoms with E-state index in [1.807, 2.05) is 7.05 Å². The molecular formula is C9H19NO. The lowest BCUT2D eigenvalue weighted by Crippen LogP contribution is -2.33. The van der Waals surface area contributed by atoms with Gasteiger partial charge in [-0.1, -0.05) is 0 Å². The van der Waals surface area contributed by atoms with E-state index in [0.717, 1.165) is 12.5 Å². The van der Waals surface area contributed by atoms with Crippen LogP contribution in [0.3, 0.4) is 0 Å². The predicted molar refractivity (Wildman–Crippen MR) is 46.7 cm³/mol. The molecule has 1 unspecified atom stereocenters. The Morgan fingerprint density at radius 3 is 2.27 bits per heavy atom. The van der Waals surface area contributed by atoms with Crippen molar-refractivity contribution in [2.24, 2.45) is 5.92 Å². The Bertz CT molecular complexity index is 106. The first-order chi connectivity index (χ1) is 5.22. The van der Waals surface area contributed by atoms with Crippen molar-refractivity contribution in [2.45, 2.75) is 38.9 Å². The highest BCUT2D eigenvalue weighted by atomic mass is 16.5. The monoisotopic (exact) mass is 157 g/mol. The van der Waals surface area contributed by atoms with Gasteiger partial charge in [-0.05, 0) is 46.2 Å². The quantitative estimate of drug-likeness (QED) is 0.654. The first-order valence-corrected chi connectivity index (χ1v) is 4.52. The molecule has 0 amide bonds. The molecule has 2 nitrogen and oxygen atoms in total. The average molecular weight is 157 g/mol. The number of nitrogens with one attached hydrogen (secondary N) is 1. The van der Waals surface area contributed by atoms with E-state index in [0.29, 0.717) is 12.2 Å². The molecule has 1 N–H and O–H groups in total. The van der Waals surface area contributed by atoms with Gasteiger partial charge in [0.05, 0.1) is 12.2 Å². The van der Waals surface area contributed by atoms with Crippen molar-refractivity contribution in [3.63, 3.8) is 0 Å². The second kappa shape index (κ2) is 4.07. The highest BCUT2D eigenvalue weighted by Crippen LogP contribution is 2.23. The standard InChI is InChI=1S/C9H19NO/c1-7-4-9(6-10-3)5-8(2)11-7/h7-10H,4-6H2,1-3H3/t7-,8+,9?. The summed E-state index contributed by atoms with van der Waals surface area (Å²) < 4.78 is 5.63. The molecule has 1 fully saturated rings. The Morgan fingerprint density at radius 2 is 1.82 bits per heavy atom. The van der Waals surface area contributed by atoms with Gasteiger partial charge in [-0.25, -0.2) is 0 Å². The minimum Gasteiger partial charge on any atom is -0.376 e. The third-order valence-corrected chi connectivity index (χ3v) is 2.29. The lowest BCUT2D eigenvalue weighted by molar-refractivity contribution is -0.0512. The molecule has 0 aliphatic carbocycles. The van der Waals surface area contributed by atoms with Gasteiger partial charge in [0, 0.05) is 0 Å². The van der Waals surface area contributed by atoms with E-state index in [2.05, 4.69) is 19.2 Å². The summed E-state index contributed by atoms with van der Waals surface area (Å²) in [6.07, 6.45) is 3.34. The van der Waals surface area contributed by atoms with Gasteiger partial charge in [0.25, 0.3) is 0 Å². The van der Waals surface area contributed by atoms with Crippen LogP contribution in [0.2, 0.25) is 0 Å². The van der Waals surface area contributed by atoms with Crippen LogP contribution in [-0.2, 0) is 4.74 Å². The van der Waals surface area contributed by atoms with Crippen molar-refractivity contribution in [1.82, 2.24) is 5.32 Å². The second-order valence-corrected chi connectivity index (χ2v) is 3.65. The van der Waals surface area contributed by atoms with Crippen LogP contribution in [0.1, 0.15) is 26.7 Å². The minimum atomic E-state index is 0.456.